The van der Waals surface area contributed by atoms with E-state index in [2.05, 4.69) is 10.5 Å². The number of aromatic nitrogens is 1. The van der Waals surface area contributed by atoms with Gasteiger partial charge in [0.2, 0.25) is 0 Å². The highest BCUT2D eigenvalue weighted by molar-refractivity contribution is 6.03. The minimum Gasteiger partial charge on any atom is -0.496 e. The van der Waals surface area contributed by atoms with Gasteiger partial charge in [-0.15, -0.1) is 0 Å². The zero-order chi connectivity index (χ0) is 22.5. The molecule has 7 heteroatoms. The fourth-order valence-corrected chi connectivity index (χ4v) is 3.64. The number of hydrogen-bond donors (Lipinski definition) is 1. The second-order valence-electron chi connectivity index (χ2n) is 7.13. The van der Waals surface area contributed by atoms with Crippen LogP contribution < -0.4 is 10.2 Å². The van der Waals surface area contributed by atoms with E-state index >= 15 is 0 Å². The lowest BCUT2D eigenvalue weighted by Gasteiger charge is -2.09. The van der Waals surface area contributed by atoms with E-state index in [4.69, 9.17) is 9.47 Å². The van der Waals surface area contributed by atoms with Gasteiger partial charge < -0.3 is 14.0 Å². The van der Waals surface area contributed by atoms with Gasteiger partial charge in [-0.1, -0.05) is 42.5 Å². The first-order chi connectivity index (χ1) is 15.6. The molecule has 1 heterocycles. The highest BCUT2D eigenvalue weighted by atomic mass is 16.5. The first kappa shape index (κ1) is 21.1. The van der Waals surface area contributed by atoms with Gasteiger partial charge in [-0.2, -0.15) is 5.10 Å². The van der Waals surface area contributed by atoms with E-state index in [9.17, 15) is 9.59 Å². The molecular weight excluding hydrogens is 406 g/mol. The summed E-state index contributed by atoms with van der Waals surface area (Å²) in [6.07, 6.45) is 3.38. The number of rotatable bonds is 7. The van der Waals surface area contributed by atoms with Crippen LogP contribution in [0.5, 0.6) is 5.75 Å². The van der Waals surface area contributed by atoms with Crippen LogP contribution in [0.15, 0.2) is 72.0 Å². The zero-order valence-electron chi connectivity index (χ0n) is 17.9. The van der Waals surface area contributed by atoms with Gasteiger partial charge in [0.15, 0.2) is 0 Å². The number of amides is 1. The van der Waals surface area contributed by atoms with Crippen LogP contribution in [0.2, 0.25) is 0 Å². The van der Waals surface area contributed by atoms with Crippen molar-refractivity contribution in [2.45, 2.75) is 13.5 Å². The Labute approximate surface area is 185 Å². The maximum atomic E-state index is 12.8. The minimum absolute atomic E-state index is 0.100. The van der Waals surface area contributed by atoms with E-state index in [1.807, 2.05) is 65.4 Å². The SMILES string of the molecule is CCOC(=O)Cn1cc(C=NNC(=O)c2cc3ccccc3cc2OC)c2ccccc21. The number of benzene rings is 3. The summed E-state index contributed by atoms with van der Waals surface area (Å²) < 4.78 is 12.3. The second-order valence-corrected chi connectivity index (χ2v) is 7.13. The number of hydrazone groups is 1. The number of methoxy groups -OCH3 is 1. The molecule has 0 aliphatic carbocycles. The summed E-state index contributed by atoms with van der Waals surface area (Å²) in [5.41, 5.74) is 4.62. The van der Waals surface area contributed by atoms with Crippen LogP contribution in [0, 0.1) is 0 Å². The molecule has 0 aliphatic rings. The summed E-state index contributed by atoms with van der Waals surface area (Å²) in [4.78, 5) is 24.7. The molecule has 0 atom stereocenters. The molecule has 7 nitrogen and oxygen atoms in total. The number of hydrogen-bond acceptors (Lipinski definition) is 5. The molecule has 1 aromatic heterocycles. The summed E-state index contributed by atoms with van der Waals surface area (Å²) in [7, 11) is 1.53. The predicted octanol–water partition coefficient (Wildman–Crippen LogP) is 4.13. The van der Waals surface area contributed by atoms with Crippen molar-refractivity contribution in [3.8, 4) is 5.75 Å². The van der Waals surface area contributed by atoms with Crippen molar-refractivity contribution in [2.24, 2.45) is 5.10 Å². The number of ether oxygens (including phenoxy) is 2. The van der Waals surface area contributed by atoms with E-state index in [0.717, 1.165) is 27.2 Å². The Kier molecular flexibility index (Phi) is 6.17. The second kappa shape index (κ2) is 9.34. The van der Waals surface area contributed by atoms with Crippen molar-refractivity contribution >= 4 is 39.8 Å². The summed E-state index contributed by atoms with van der Waals surface area (Å²) in [6.45, 7) is 2.20. The van der Waals surface area contributed by atoms with Crippen LogP contribution in [0.3, 0.4) is 0 Å². The van der Waals surface area contributed by atoms with Gasteiger partial charge in [-0.05, 0) is 35.9 Å². The number of carbonyl (C=O) groups excluding carboxylic acids is 2. The summed E-state index contributed by atoms with van der Waals surface area (Å²) in [5, 5.41) is 6.98. The van der Waals surface area contributed by atoms with E-state index in [0.29, 0.717) is 17.9 Å². The minimum atomic E-state index is -0.376. The smallest absolute Gasteiger partial charge is 0.325 e. The van der Waals surface area contributed by atoms with Gasteiger partial charge in [0.25, 0.3) is 5.91 Å². The van der Waals surface area contributed by atoms with Gasteiger partial charge in [-0.3, -0.25) is 9.59 Å². The van der Waals surface area contributed by atoms with Crippen molar-refractivity contribution in [3.63, 3.8) is 0 Å². The average molecular weight is 429 g/mol. The maximum absolute atomic E-state index is 12.8. The number of para-hydroxylation sites is 1. The van der Waals surface area contributed by atoms with Crippen molar-refractivity contribution < 1.29 is 19.1 Å². The Morgan fingerprint density at radius 2 is 1.78 bits per heavy atom. The van der Waals surface area contributed by atoms with E-state index in [1.165, 1.54) is 7.11 Å². The number of esters is 1. The third kappa shape index (κ3) is 4.32. The number of carbonyl (C=O) groups is 2. The zero-order valence-corrected chi connectivity index (χ0v) is 17.9. The molecule has 3 aromatic carbocycles. The molecule has 0 unspecified atom stereocenters. The van der Waals surface area contributed by atoms with E-state index in [1.54, 1.807) is 19.2 Å². The Morgan fingerprint density at radius 1 is 1.06 bits per heavy atom. The molecular formula is C25H23N3O4. The summed E-state index contributed by atoms with van der Waals surface area (Å²) >= 11 is 0. The quantitative estimate of drug-likeness (QED) is 0.272. The standard InChI is InChI=1S/C25H23N3O4/c1-3-32-24(29)16-28-15-19(20-10-6-7-11-22(20)28)14-26-27-25(30)21-12-17-8-4-5-9-18(17)13-23(21)31-2/h4-15H,3,16H2,1-2H3,(H,27,30). The molecule has 0 bridgehead atoms. The fourth-order valence-electron chi connectivity index (χ4n) is 3.64. The number of nitrogens with one attached hydrogen (secondary N) is 1. The van der Waals surface area contributed by atoms with Crippen LogP contribution in [0.25, 0.3) is 21.7 Å². The molecule has 0 spiro atoms. The largest absolute Gasteiger partial charge is 0.496 e. The van der Waals surface area contributed by atoms with Gasteiger partial charge in [0.1, 0.15) is 12.3 Å². The normalized spacial score (nSPS) is 11.2. The van der Waals surface area contributed by atoms with Gasteiger partial charge >= 0.3 is 5.97 Å². The average Bonchev–Trinajstić information content (AvgIpc) is 3.15. The Morgan fingerprint density at radius 3 is 2.53 bits per heavy atom. The molecule has 1 amide bonds. The van der Waals surface area contributed by atoms with Crippen LogP contribution in [0.4, 0.5) is 0 Å². The third-order valence-corrected chi connectivity index (χ3v) is 5.11. The first-order valence-electron chi connectivity index (χ1n) is 10.2. The Bertz CT molecular complexity index is 1320. The van der Waals surface area contributed by atoms with Crippen molar-refractivity contribution in [3.05, 3.63) is 78.0 Å². The van der Waals surface area contributed by atoms with Gasteiger partial charge in [0, 0.05) is 22.7 Å². The topological polar surface area (TPSA) is 81.9 Å². The van der Waals surface area contributed by atoms with E-state index < -0.39 is 0 Å². The Balaban J connectivity index is 1.57. The number of nitrogens with zero attached hydrogens (tertiary/aromatic N) is 2. The lowest BCUT2D eigenvalue weighted by atomic mass is 10.1. The Hall–Kier alpha value is -4.13. The van der Waals surface area contributed by atoms with Gasteiger partial charge in [0.05, 0.1) is 25.5 Å². The molecule has 0 radical (unpaired) electrons. The lowest BCUT2D eigenvalue weighted by molar-refractivity contribution is -0.143. The molecule has 0 saturated heterocycles. The van der Waals surface area contributed by atoms with Crippen molar-refractivity contribution in [1.29, 1.82) is 0 Å². The van der Waals surface area contributed by atoms with Gasteiger partial charge in [-0.25, -0.2) is 5.43 Å². The predicted molar refractivity (Wildman–Crippen MR) is 124 cm³/mol. The molecule has 4 rings (SSSR count). The molecule has 0 fully saturated rings. The summed E-state index contributed by atoms with van der Waals surface area (Å²) in [5.74, 6) is -0.213. The van der Waals surface area contributed by atoms with Crippen LogP contribution >= 0.6 is 0 Å². The van der Waals surface area contributed by atoms with Crippen molar-refractivity contribution in [1.82, 2.24) is 9.99 Å². The highest BCUT2D eigenvalue weighted by Gasteiger charge is 2.14. The van der Waals surface area contributed by atoms with Crippen LogP contribution in [-0.4, -0.2) is 36.4 Å². The fraction of sp³-hybridized carbons (Fsp3) is 0.160. The molecule has 4 aromatic rings. The monoisotopic (exact) mass is 429 g/mol. The third-order valence-electron chi connectivity index (χ3n) is 5.11. The molecule has 162 valence electrons. The number of fused-ring (bicyclic) bond motifs is 2. The summed E-state index contributed by atoms with van der Waals surface area (Å²) in [6, 6.07) is 19.0. The van der Waals surface area contributed by atoms with E-state index in [-0.39, 0.29) is 18.4 Å². The molecule has 0 saturated carbocycles. The molecule has 32 heavy (non-hydrogen) atoms. The molecule has 0 aliphatic heterocycles. The molecule has 1 N–H and O–H groups in total. The first-order valence-corrected chi connectivity index (χ1v) is 10.2. The van der Waals surface area contributed by atoms with Crippen molar-refractivity contribution in [2.75, 3.05) is 13.7 Å². The van der Waals surface area contributed by atoms with Crippen LogP contribution in [0.1, 0.15) is 22.8 Å². The highest BCUT2D eigenvalue weighted by Crippen LogP contribution is 2.26. The van der Waals surface area contributed by atoms with Crippen LogP contribution in [-0.2, 0) is 16.1 Å². The lowest BCUT2D eigenvalue weighted by Crippen LogP contribution is -2.18. The maximum Gasteiger partial charge on any atom is 0.325 e.